The molecule has 5 heterocycles. The van der Waals surface area contributed by atoms with Crippen LogP contribution < -0.4 is 10.6 Å². The molecule has 176 valence electrons. The number of likely N-dealkylation sites (tertiary alicyclic amines) is 1. The zero-order valence-electron chi connectivity index (χ0n) is 19.5. The minimum atomic E-state index is -0.0234. The largest absolute Gasteiger partial charge is 0.372 e. The molecule has 34 heavy (non-hydrogen) atoms. The van der Waals surface area contributed by atoms with Crippen LogP contribution in [0.4, 0.5) is 11.8 Å². The zero-order chi connectivity index (χ0) is 23.3. The number of carbonyl (C=O) groups is 1. The topological polar surface area (TPSA) is 116 Å². The Hall–Kier alpha value is -3.69. The van der Waals surface area contributed by atoms with Gasteiger partial charge in [0.05, 0.1) is 11.1 Å². The first kappa shape index (κ1) is 20.9. The van der Waals surface area contributed by atoms with Crippen LogP contribution in [-0.2, 0) is 4.79 Å². The molecule has 1 aliphatic carbocycles. The molecule has 2 fully saturated rings. The summed E-state index contributed by atoms with van der Waals surface area (Å²) in [5, 5.41) is 12.4. The van der Waals surface area contributed by atoms with Gasteiger partial charge in [-0.2, -0.15) is 15.1 Å². The first-order chi connectivity index (χ1) is 16.5. The predicted octanol–water partition coefficient (Wildman–Crippen LogP) is 3.44. The number of anilines is 2. The summed E-state index contributed by atoms with van der Waals surface area (Å²) < 4.78 is 1.76. The van der Waals surface area contributed by atoms with E-state index in [0.29, 0.717) is 18.3 Å². The maximum absolute atomic E-state index is 12.3. The van der Waals surface area contributed by atoms with Gasteiger partial charge in [-0.25, -0.2) is 9.50 Å². The Morgan fingerprint density at radius 1 is 1.21 bits per heavy atom. The quantitative estimate of drug-likeness (QED) is 0.419. The van der Waals surface area contributed by atoms with E-state index >= 15 is 0 Å². The smallest absolute Gasteiger partial charge is 0.226 e. The summed E-state index contributed by atoms with van der Waals surface area (Å²) in [6, 6.07) is 4.19. The summed E-state index contributed by atoms with van der Waals surface area (Å²) >= 11 is 0. The fourth-order valence-electron chi connectivity index (χ4n) is 5.49. The molecule has 3 N–H and O–H groups in total. The number of hydrogen-bond donors (Lipinski definition) is 3. The lowest BCUT2D eigenvalue weighted by molar-refractivity contribution is -0.133. The van der Waals surface area contributed by atoms with Crippen LogP contribution in [0.5, 0.6) is 0 Å². The second-order valence-corrected chi connectivity index (χ2v) is 9.58. The van der Waals surface area contributed by atoms with Crippen molar-refractivity contribution in [2.45, 2.75) is 57.0 Å². The van der Waals surface area contributed by atoms with Crippen molar-refractivity contribution in [3.8, 4) is 11.3 Å². The van der Waals surface area contributed by atoms with E-state index in [1.54, 1.807) is 10.7 Å². The number of imidazole rings is 1. The Balaban J connectivity index is 1.23. The van der Waals surface area contributed by atoms with Gasteiger partial charge in [-0.3, -0.25) is 4.79 Å². The Labute approximate surface area is 197 Å². The van der Waals surface area contributed by atoms with Gasteiger partial charge in [-0.1, -0.05) is 0 Å². The van der Waals surface area contributed by atoms with Crippen molar-refractivity contribution < 1.29 is 4.79 Å². The van der Waals surface area contributed by atoms with Crippen molar-refractivity contribution in [2.75, 3.05) is 24.2 Å². The summed E-state index contributed by atoms with van der Waals surface area (Å²) in [4.78, 5) is 31.5. The predicted molar refractivity (Wildman–Crippen MR) is 131 cm³/mol. The molecule has 2 aliphatic rings. The molecule has 0 atom stereocenters. The van der Waals surface area contributed by atoms with E-state index in [1.807, 2.05) is 31.6 Å². The molecule has 6 rings (SSSR count). The minimum absolute atomic E-state index is 0.0234. The SMILES string of the molecule is CNc1nc(N[C@H]2CC[C@@](C)(N3CCCC3=O)CC2)nc2[nH]cc(-c3ccc4nccn4n3)c12. The van der Waals surface area contributed by atoms with E-state index in [-0.39, 0.29) is 11.6 Å². The molecule has 4 aromatic heterocycles. The van der Waals surface area contributed by atoms with Gasteiger partial charge in [0.1, 0.15) is 11.5 Å². The second kappa shape index (κ2) is 7.96. The number of aromatic nitrogens is 6. The lowest BCUT2D eigenvalue weighted by atomic mass is 9.79. The van der Waals surface area contributed by atoms with Crippen molar-refractivity contribution >= 4 is 34.4 Å². The number of aromatic amines is 1. The molecule has 1 amide bonds. The minimum Gasteiger partial charge on any atom is -0.372 e. The molecule has 1 saturated carbocycles. The Morgan fingerprint density at radius 2 is 2.06 bits per heavy atom. The maximum Gasteiger partial charge on any atom is 0.226 e. The van der Waals surface area contributed by atoms with Crippen LogP contribution >= 0.6 is 0 Å². The van der Waals surface area contributed by atoms with Crippen LogP contribution in [0.25, 0.3) is 27.9 Å². The van der Waals surface area contributed by atoms with Crippen LogP contribution in [0.15, 0.2) is 30.7 Å². The molecule has 0 bridgehead atoms. The molecule has 1 saturated heterocycles. The summed E-state index contributed by atoms with van der Waals surface area (Å²) in [6.07, 6.45) is 11.1. The lowest BCUT2D eigenvalue weighted by Crippen LogP contribution is -2.50. The van der Waals surface area contributed by atoms with Gasteiger partial charge in [0.15, 0.2) is 5.65 Å². The molecule has 10 nitrogen and oxygen atoms in total. The van der Waals surface area contributed by atoms with E-state index in [2.05, 4.69) is 37.5 Å². The fraction of sp³-hybridized carbons (Fsp3) is 0.458. The number of amides is 1. The lowest BCUT2D eigenvalue weighted by Gasteiger charge is -2.44. The highest BCUT2D eigenvalue weighted by Crippen LogP contribution is 2.37. The van der Waals surface area contributed by atoms with Crippen molar-refractivity contribution in [3.63, 3.8) is 0 Å². The van der Waals surface area contributed by atoms with Crippen LogP contribution in [0.2, 0.25) is 0 Å². The normalized spacial score (nSPS) is 23.2. The van der Waals surface area contributed by atoms with E-state index in [9.17, 15) is 4.79 Å². The summed E-state index contributed by atoms with van der Waals surface area (Å²) in [5.74, 6) is 1.67. The van der Waals surface area contributed by atoms with Gasteiger partial charge in [-0.15, -0.1) is 0 Å². The van der Waals surface area contributed by atoms with Gasteiger partial charge >= 0.3 is 0 Å². The number of nitrogens with one attached hydrogen (secondary N) is 3. The second-order valence-electron chi connectivity index (χ2n) is 9.58. The molecule has 4 aromatic rings. The summed E-state index contributed by atoms with van der Waals surface area (Å²) in [6.45, 7) is 3.14. The molecule has 0 radical (unpaired) electrons. The average molecular weight is 460 g/mol. The van der Waals surface area contributed by atoms with Crippen LogP contribution in [0.3, 0.4) is 0 Å². The third-order valence-corrected chi connectivity index (χ3v) is 7.42. The maximum atomic E-state index is 12.3. The monoisotopic (exact) mass is 459 g/mol. The van der Waals surface area contributed by atoms with Gasteiger partial charge < -0.3 is 20.5 Å². The Morgan fingerprint density at radius 3 is 2.82 bits per heavy atom. The highest BCUT2D eigenvalue weighted by Gasteiger charge is 2.40. The molecule has 1 aliphatic heterocycles. The molecule has 10 heteroatoms. The van der Waals surface area contributed by atoms with Crippen LogP contribution in [0.1, 0.15) is 45.4 Å². The van der Waals surface area contributed by atoms with Crippen molar-refractivity contribution in [2.24, 2.45) is 0 Å². The first-order valence-corrected chi connectivity index (χ1v) is 12.0. The van der Waals surface area contributed by atoms with E-state index in [0.717, 1.165) is 72.4 Å². The molecule has 0 spiro atoms. The van der Waals surface area contributed by atoms with E-state index in [4.69, 9.17) is 9.97 Å². The number of rotatable bonds is 5. The number of hydrogen-bond acceptors (Lipinski definition) is 7. The Bertz CT molecular complexity index is 1370. The zero-order valence-corrected chi connectivity index (χ0v) is 19.5. The van der Waals surface area contributed by atoms with Gasteiger partial charge in [-0.05, 0) is 51.2 Å². The molecule has 0 aromatic carbocycles. The third-order valence-electron chi connectivity index (χ3n) is 7.42. The third kappa shape index (κ3) is 3.44. The van der Waals surface area contributed by atoms with Crippen LogP contribution in [0, 0.1) is 0 Å². The number of fused-ring (bicyclic) bond motifs is 2. The van der Waals surface area contributed by atoms with Crippen molar-refractivity contribution in [3.05, 3.63) is 30.7 Å². The van der Waals surface area contributed by atoms with Crippen molar-refractivity contribution in [1.29, 1.82) is 0 Å². The standard InChI is InChI=1S/C24H29N9O/c1-24(32-12-3-4-19(32)34)9-7-15(8-10-24)28-23-29-21(25-2)20-16(14-27-22(20)30-23)17-5-6-18-26-11-13-33(18)31-17/h5-6,11,13-15H,3-4,7-10,12H2,1-2H3,(H3,25,27,28,29,30)/t15-,24+. The van der Waals surface area contributed by atoms with Crippen LogP contribution in [-0.4, -0.2) is 65.5 Å². The molecular weight excluding hydrogens is 430 g/mol. The fourth-order valence-corrected chi connectivity index (χ4v) is 5.49. The highest BCUT2D eigenvalue weighted by molar-refractivity contribution is 6.00. The number of nitrogens with zero attached hydrogens (tertiary/aromatic N) is 6. The number of H-pyrrole nitrogens is 1. The molecular formula is C24H29N9O. The van der Waals surface area contributed by atoms with Gasteiger partial charge in [0, 0.05) is 55.7 Å². The highest BCUT2D eigenvalue weighted by atomic mass is 16.2. The van der Waals surface area contributed by atoms with E-state index in [1.165, 1.54) is 0 Å². The Kier molecular flexibility index (Phi) is 4.89. The summed E-state index contributed by atoms with van der Waals surface area (Å²) in [7, 11) is 1.87. The van der Waals surface area contributed by atoms with E-state index < -0.39 is 0 Å². The van der Waals surface area contributed by atoms with Gasteiger partial charge in [0.25, 0.3) is 0 Å². The molecule has 0 unspecified atom stereocenters. The van der Waals surface area contributed by atoms with Gasteiger partial charge in [0.2, 0.25) is 11.9 Å². The number of carbonyl (C=O) groups excluding carboxylic acids is 1. The average Bonchev–Trinajstić information content (AvgIpc) is 3.59. The van der Waals surface area contributed by atoms with Crippen molar-refractivity contribution in [1.82, 2.24) is 34.4 Å². The first-order valence-electron chi connectivity index (χ1n) is 12.0. The summed E-state index contributed by atoms with van der Waals surface area (Å²) in [5.41, 5.74) is 3.29.